The minimum atomic E-state index is 0.0488. The molecule has 0 bridgehead atoms. The molecule has 0 aliphatic carbocycles. The van der Waals surface area contributed by atoms with Gasteiger partial charge in [0.05, 0.1) is 13.7 Å². The number of nitrogens with one attached hydrogen (secondary N) is 1. The number of carbonyl (C=O) groups excluding carboxylic acids is 1. The fourth-order valence-corrected chi connectivity index (χ4v) is 3.02. The Balaban J connectivity index is 1.45. The van der Waals surface area contributed by atoms with Gasteiger partial charge in [-0.1, -0.05) is 12.1 Å². The largest absolute Gasteiger partial charge is 0.497 e. The van der Waals surface area contributed by atoms with Crippen LogP contribution in [0.25, 0.3) is 0 Å². The van der Waals surface area contributed by atoms with Crippen LogP contribution in [-0.4, -0.2) is 47.8 Å². The highest BCUT2D eigenvalue weighted by Crippen LogP contribution is 2.25. The molecule has 128 valence electrons. The first-order valence-electron chi connectivity index (χ1n) is 8.24. The molecule has 1 aliphatic heterocycles. The fourth-order valence-electron chi connectivity index (χ4n) is 3.02. The number of ether oxygens (including phenoxy) is 2. The molecule has 0 spiro atoms. The maximum Gasteiger partial charge on any atom is 0.248 e. The summed E-state index contributed by atoms with van der Waals surface area (Å²) >= 11 is 0. The molecular weight excluding hydrogens is 306 g/mol. The quantitative estimate of drug-likeness (QED) is 0.883. The molecular formula is C18H23N3O3. The van der Waals surface area contributed by atoms with E-state index in [1.807, 2.05) is 35.2 Å². The predicted octanol–water partition coefficient (Wildman–Crippen LogP) is 2.34. The van der Waals surface area contributed by atoms with Crippen molar-refractivity contribution in [1.82, 2.24) is 15.1 Å². The van der Waals surface area contributed by atoms with Crippen LogP contribution in [-0.2, 0) is 16.1 Å². The first-order valence-corrected chi connectivity index (χ1v) is 8.24. The Bertz CT molecular complexity index is 640. The molecule has 1 saturated heterocycles. The minimum Gasteiger partial charge on any atom is -0.497 e. The molecule has 0 saturated carbocycles. The number of benzene rings is 1. The van der Waals surface area contributed by atoms with Crippen molar-refractivity contribution in [3.63, 3.8) is 0 Å². The van der Waals surface area contributed by atoms with E-state index in [2.05, 4.69) is 10.2 Å². The molecule has 0 radical (unpaired) electrons. The van der Waals surface area contributed by atoms with Crippen molar-refractivity contribution >= 4 is 5.91 Å². The van der Waals surface area contributed by atoms with Gasteiger partial charge in [0, 0.05) is 30.9 Å². The van der Waals surface area contributed by atoms with Crippen LogP contribution in [0.3, 0.4) is 0 Å². The van der Waals surface area contributed by atoms with Crippen LogP contribution in [0.4, 0.5) is 0 Å². The number of hydrogen-bond donors (Lipinski definition) is 1. The normalized spacial score (nSPS) is 17.7. The van der Waals surface area contributed by atoms with Crippen LogP contribution in [0.5, 0.6) is 5.75 Å². The molecule has 24 heavy (non-hydrogen) atoms. The molecule has 6 heteroatoms. The van der Waals surface area contributed by atoms with Crippen molar-refractivity contribution in [3.8, 4) is 5.75 Å². The summed E-state index contributed by atoms with van der Waals surface area (Å²) < 4.78 is 10.7. The van der Waals surface area contributed by atoms with Crippen molar-refractivity contribution in [2.45, 2.75) is 25.4 Å². The van der Waals surface area contributed by atoms with Crippen LogP contribution < -0.4 is 4.74 Å². The Morgan fingerprint density at radius 2 is 2.17 bits per heavy atom. The van der Waals surface area contributed by atoms with Crippen LogP contribution in [0, 0.1) is 0 Å². The summed E-state index contributed by atoms with van der Waals surface area (Å²) in [6, 6.07) is 9.65. The van der Waals surface area contributed by atoms with E-state index in [0.717, 1.165) is 42.9 Å². The minimum absolute atomic E-state index is 0.0488. The van der Waals surface area contributed by atoms with Crippen molar-refractivity contribution in [2.75, 3.05) is 26.8 Å². The molecule has 1 aromatic carbocycles. The average molecular weight is 329 g/mol. The molecule has 2 heterocycles. The van der Waals surface area contributed by atoms with Gasteiger partial charge in [0.15, 0.2) is 0 Å². The van der Waals surface area contributed by atoms with Gasteiger partial charge in [-0.3, -0.25) is 9.89 Å². The van der Waals surface area contributed by atoms with Crippen LogP contribution >= 0.6 is 0 Å². The highest BCUT2D eigenvalue weighted by molar-refractivity contribution is 5.77. The third-order valence-electron chi connectivity index (χ3n) is 4.39. The lowest BCUT2D eigenvalue weighted by molar-refractivity contribution is -0.137. The number of carbonyl (C=O) groups is 1. The first-order chi connectivity index (χ1) is 11.8. The van der Waals surface area contributed by atoms with E-state index >= 15 is 0 Å². The molecule has 1 amide bonds. The van der Waals surface area contributed by atoms with Crippen molar-refractivity contribution in [3.05, 3.63) is 47.8 Å². The van der Waals surface area contributed by atoms with Crippen LogP contribution in [0.15, 0.2) is 36.5 Å². The summed E-state index contributed by atoms with van der Waals surface area (Å²) in [5, 5.41) is 7.01. The number of piperidine rings is 1. The van der Waals surface area contributed by atoms with Gasteiger partial charge in [-0.2, -0.15) is 5.10 Å². The van der Waals surface area contributed by atoms with Crippen molar-refractivity contribution in [1.29, 1.82) is 0 Å². The van der Waals surface area contributed by atoms with E-state index in [4.69, 9.17) is 9.47 Å². The van der Waals surface area contributed by atoms with Gasteiger partial charge < -0.3 is 14.4 Å². The van der Waals surface area contributed by atoms with Gasteiger partial charge in [0.1, 0.15) is 12.4 Å². The van der Waals surface area contributed by atoms with Gasteiger partial charge in [-0.15, -0.1) is 0 Å². The van der Waals surface area contributed by atoms with E-state index in [-0.39, 0.29) is 12.5 Å². The van der Waals surface area contributed by atoms with E-state index in [0.29, 0.717) is 12.5 Å². The molecule has 0 unspecified atom stereocenters. The zero-order valence-electron chi connectivity index (χ0n) is 13.9. The number of aromatic nitrogens is 2. The second-order valence-electron chi connectivity index (χ2n) is 6.03. The third kappa shape index (κ3) is 4.14. The number of methoxy groups -OCH3 is 1. The lowest BCUT2D eigenvalue weighted by Crippen LogP contribution is -2.41. The Kier molecular flexibility index (Phi) is 5.48. The molecule has 1 fully saturated rings. The smallest absolute Gasteiger partial charge is 0.248 e. The molecule has 1 aliphatic rings. The van der Waals surface area contributed by atoms with E-state index < -0.39 is 0 Å². The monoisotopic (exact) mass is 329 g/mol. The summed E-state index contributed by atoms with van der Waals surface area (Å²) in [6.07, 6.45) is 3.85. The summed E-state index contributed by atoms with van der Waals surface area (Å²) in [4.78, 5) is 14.3. The molecule has 3 rings (SSSR count). The summed E-state index contributed by atoms with van der Waals surface area (Å²) in [5.74, 6) is 1.20. The zero-order chi connectivity index (χ0) is 16.8. The highest BCUT2D eigenvalue weighted by Gasteiger charge is 2.25. The van der Waals surface area contributed by atoms with Gasteiger partial charge >= 0.3 is 0 Å². The van der Waals surface area contributed by atoms with Gasteiger partial charge in [0.25, 0.3) is 0 Å². The number of amides is 1. The van der Waals surface area contributed by atoms with Gasteiger partial charge in [0.2, 0.25) is 5.91 Å². The molecule has 2 aromatic rings. The van der Waals surface area contributed by atoms with E-state index in [9.17, 15) is 4.79 Å². The van der Waals surface area contributed by atoms with Crippen molar-refractivity contribution < 1.29 is 14.3 Å². The Morgan fingerprint density at radius 3 is 2.88 bits per heavy atom. The molecule has 1 aromatic heterocycles. The van der Waals surface area contributed by atoms with Crippen LogP contribution in [0.1, 0.15) is 30.0 Å². The number of nitrogens with zero attached hydrogens (tertiary/aromatic N) is 2. The maximum absolute atomic E-state index is 12.4. The summed E-state index contributed by atoms with van der Waals surface area (Å²) in [6.45, 7) is 2.07. The van der Waals surface area contributed by atoms with Gasteiger partial charge in [-0.05, 0) is 36.6 Å². The number of rotatable bonds is 6. The molecule has 6 nitrogen and oxygen atoms in total. The second-order valence-corrected chi connectivity index (χ2v) is 6.03. The third-order valence-corrected chi connectivity index (χ3v) is 4.39. The van der Waals surface area contributed by atoms with Crippen molar-refractivity contribution in [2.24, 2.45) is 0 Å². The number of likely N-dealkylation sites (tertiary alicyclic amines) is 1. The SMILES string of the molecule is COc1ccc(COCC(=O)N2CCC[C@H](c3ccn[nH]3)C2)cc1. The Hall–Kier alpha value is -2.34. The number of H-pyrrole nitrogens is 1. The lowest BCUT2D eigenvalue weighted by atomic mass is 9.95. The average Bonchev–Trinajstić information content (AvgIpc) is 3.17. The highest BCUT2D eigenvalue weighted by atomic mass is 16.5. The lowest BCUT2D eigenvalue weighted by Gasteiger charge is -2.32. The Labute approximate surface area is 141 Å². The summed E-state index contributed by atoms with van der Waals surface area (Å²) in [5.41, 5.74) is 2.13. The predicted molar refractivity (Wildman–Crippen MR) is 89.8 cm³/mol. The fraction of sp³-hybridized carbons (Fsp3) is 0.444. The van der Waals surface area contributed by atoms with E-state index in [1.165, 1.54) is 0 Å². The molecule has 1 N–H and O–H groups in total. The zero-order valence-corrected chi connectivity index (χ0v) is 13.9. The van der Waals surface area contributed by atoms with Crippen LogP contribution in [0.2, 0.25) is 0 Å². The summed E-state index contributed by atoms with van der Waals surface area (Å²) in [7, 11) is 1.64. The second kappa shape index (κ2) is 7.97. The Morgan fingerprint density at radius 1 is 1.33 bits per heavy atom. The first kappa shape index (κ1) is 16.5. The number of hydrogen-bond acceptors (Lipinski definition) is 4. The van der Waals surface area contributed by atoms with Gasteiger partial charge in [-0.25, -0.2) is 0 Å². The number of aromatic amines is 1. The van der Waals surface area contributed by atoms with E-state index in [1.54, 1.807) is 13.3 Å². The standard InChI is InChI=1S/C18H23N3O3/c1-23-16-6-4-14(5-7-16)12-24-13-18(22)21-10-2-3-15(11-21)17-8-9-19-20-17/h4-9,15H,2-3,10-13H2,1H3,(H,19,20)/t15-/m0/s1. The maximum atomic E-state index is 12.4. The topological polar surface area (TPSA) is 67.5 Å². The molecule has 1 atom stereocenters.